The van der Waals surface area contributed by atoms with Crippen LogP contribution in [-0.2, 0) is 16.6 Å². The van der Waals surface area contributed by atoms with Crippen LogP contribution in [0.4, 0.5) is 0 Å². The van der Waals surface area contributed by atoms with Crippen molar-refractivity contribution >= 4 is 26.0 Å². The van der Waals surface area contributed by atoms with Gasteiger partial charge in [0.1, 0.15) is 10.7 Å². The first-order valence-corrected chi connectivity index (χ1v) is 9.55. The fourth-order valence-corrected chi connectivity index (χ4v) is 4.96. The van der Waals surface area contributed by atoms with E-state index in [0.29, 0.717) is 18.3 Å². The van der Waals surface area contributed by atoms with Gasteiger partial charge in [0.25, 0.3) is 0 Å². The van der Waals surface area contributed by atoms with Crippen molar-refractivity contribution in [1.82, 2.24) is 9.62 Å². The van der Waals surface area contributed by atoms with Crippen LogP contribution in [0.2, 0.25) is 0 Å². The monoisotopic (exact) mass is 378 g/mol. The molecule has 1 heterocycles. The van der Waals surface area contributed by atoms with E-state index in [2.05, 4.69) is 21.2 Å². The van der Waals surface area contributed by atoms with Crippen molar-refractivity contribution in [3.8, 4) is 0 Å². The van der Waals surface area contributed by atoms with Gasteiger partial charge in [-0.2, -0.15) is 4.31 Å². The largest absolute Gasteiger partial charge is 0.452 e. The second-order valence-electron chi connectivity index (χ2n) is 5.85. The lowest BCUT2D eigenvalue weighted by atomic mass is 10.3. The topological polar surface area (TPSA) is 62.6 Å². The summed E-state index contributed by atoms with van der Waals surface area (Å²) in [4.78, 5) is 0.220. The number of furan rings is 1. The first-order chi connectivity index (χ1) is 9.82. The molecule has 0 bridgehead atoms. The molecule has 7 heteroatoms. The quantitative estimate of drug-likeness (QED) is 0.825. The number of nitrogens with zero attached hydrogens (tertiary/aromatic N) is 1. The molecule has 1 saturated carbocycles. The number of sulfonamides is 1. The van der Waals surface area contributed by atoms with E-state index >= 15 is 0 Å². The predicted octanol–water partition coefficient (Wildman–Crippen LogP) is 3.10. The molecule has 1 aliphatic carbocycles. The lowest BCUT2D eigenvalue weighted by Gasteiger charge is -2.22. The number of hydrogen-bond donors (Lipinski definition) is 1. The van der Waals surface area contributed by atoms with Gasteiger partial charge >= 0.3 is 0 Å². The summed E-state index contributed by atoms with van der Waals surface area (Å²) >= 11 is 3.24. The van der Waals surface area contributed by atoms with Crippen molar-refractivity contribution in [2.24, 2.45) is 0 Å². The molecule has 0 atom stereocenters. The van der Waals surface area contributed by atoms with E-state index in [1.165, 1.54) is 4.31 Å². The molecule has 120 valence electrons. The maximum atomic E-state index is 12.7. The Morgan fingerprint density at radius 3 is 2.62 bits per heavy atom. The average Bonchev–Trinajstić information content (AvgIpc) is 3.04. The number of hydrogen-bond acceptors (Lipinski definition) is 4. The Bertz CT molecular complexity index is 577. The van der Waals surface area contributed by atoms with Gasteiger partial charge in [0.15, 0.2) is 4.67 Å². The zero-order valence-electron chi connectivity index (χ0n) is 12.7. The maximum absolute atomic E-state index is 12.7. The Morgan fingerprint density at radius 1 is 1.43 bits per heavy atom. The summed E-state index contributed by atoms with van der Waals surface area (Å²) in [6.45, 7) is 4.58. The molecule has 2 rings (SSSR count). The summed E-state index contributed by atoms with van der Waals surface area (Å²) in [6.07, 6.45) is 4.07. The highest BCUT2D eigenvalue weighted by atomic mass is 79.9. The van der Waals surface area contributed by atoms with Crippen molar-refractivity contribution in [2.75, 3.05) is 7.05 Å². The summed E-state index contributed by atoms with van der Waals surface area (Å²) in [6, 6.07) is 2.03. The van der Waals surface area contributed by atoms with Gasteiger partial charge in [0.2, 0.25) is 10.0 Å². The van der Waals surface area contributed by atoms with E-state index < -0.39 is 10.0 Å². The molecule has 0 unspecified atom stereocenters. The van der Waals surface area contributed by atoms with Crippen LogP contribution < -0.4 is 5.32 Å². The minimum absolute atomic E-state index is 0.106. The molecule has 0 saturated heterocycles. The predicted molar refractivity (Wildman–Crippen MR) is 85.6 cm³/mol. The van der Waals surface area contributed by atoms with Crippen molar-refractivity contribution < 1.29 is 12.8 Å². The zero-order chi connectivity index (χ0) is 15.6. The highest BCUT2D eigenvalue weighted by Crippen LogP contribution is 2.32. The van der Waals surface area contributed by atoms with Crippen LogP contribution >= 0.6 is 15.9 Å². The van der Waals surface area contributed by atoms with Crippen molar-refractivity contribution in [2.45, 2.75) is 63.1 Å². The molecule has 0 amide bonds. The normalized spacial score (nSPS) is 17.2. The van der Waals surface area contributed by atoms with Gasteiger partial charge in [0, 0.05) is 25.2 Å². The van der Waals surface area contributed by atoms with Gasteiger partial charge < -0.3 is 9.73 Å². The van der Waals surface area contributed by atoms with Gasteiger partial charge in [-0.3, -0.25) is 0 Å². The van der Waals surface area contributed by atoms with Gasteiger partial charge in [0.05, 0.1) is 6.54 Å². The van der Waals surface area contributed by atoms with E-state index in [-0.39, 0.29) is 15.6 Å². The first kappa shape index (κ1) is 17.0. The van der Waals surface area contributed by atoms with E-state index in [0.717, 1.165) is 25.7 Å². The molecule has 1 aromatic rings. The Hall–Kier alpha value is -0.370. The summed E-state index contributed by atoms with van der Waals surface area (Å²) in [5.41, 5.74) is 0. The third-order valence-electron chi connectivity index (χ3n) is 3.89. The smallest absolute Gasteiger partial charge is 0.247 e. The maximum Gasteiger partial charge on any atom is 0.247 e. The van der Waals surface area contributed by atoms with E-state index in [4.69, 9.17) is 4.42 Å². The zero-order valence-corrected chi connectivity index (χ0v) is 15.1. The molecule has 0 aromatic carbocycles. The number of halogens is 1. The van der Waals surface area contributed by atoms with E-state index in [1.54, 1.807) is 13.1 Å². The fraction of sp³-hybridized carbons (Fsp3) is 0.714. The molecule has 21 heavy (non-hydrogen) atoms. The summed E-state index contributed by atoms with van der Waals surface area (Å²) in [5.74, 6) is 0.619. The van der Waals surface area contributed by atoms with Gasteiger partial charge in [-0.1, -0.05) is 26.7 Å². The molecular formula is C14H23BrN2O3S. The minimum Gasteiger partial charge on any atom is -0.452 e. The molecular weight excluding hydrogens is 356 g/mol. The first-order valence-electron chi connectivity index (χ1n) is 7.32. The van der Waals surface area contributed by atoms with Crippen molar-refractivity contribution in [3.63, 3.8) is 0 Å². The van der Waals surface area contributed by atoms with Crippen LogP contribution in [-0.4, -0.2) is 31.9 Å². The molecule has 1 N–H and O–H groups in total. The number of nitrogens with one attached hydrogen (secondary N) is 1. The Labute approximate surface area is 135 Å². The fourth-order valence-electron chi connectivity index (χ4n) is 2.58. The van der Waals surface area contributed by atoms with Crippen LogP contribution in [0.1, 0.15) is 45.3 Å². The lowest BCUT2D eigenvalue weighted by Crippen LogP contribution is -2.35. The highest BCUT2D eigenvalue weighted by Gasteiger charge is 2.33. The van der Waals surface area contributed by atoms with E-state index in [9.17, 15) is 8.42 Å². The summed E-state index contributed by atoms with van der Waals surface area (Å²) in [5, 5.41) is 3.22. The molecule has 0 radical (unpaired) electrons. The molecule has 0 aliphatic heterocycles. The SMILES string of the molecule is CC(C)NCc1cc(S(=O)(=O)N(C)C2CCCC2)c(Br)o1. The van der Waals surface area contributed by atoms with Gasteiger partial charge in [-0.05, 0) is 28.8 Å². The highest BCUT2D eigenvalue weighted by molar-refractivity contribution is 9.10. The lowest BCUT2D eigenvalue weighted by molar-refractivity contribution is 0.371. The molecule has 1 aromatic heterocycles. The van der Waals surface area contributed by atoms with Crippen LogP contribution in [0.3, 0.4) is 0 Å². The van der Waals surface area contributed by atoms with E-state index in [1.807, 2.05) is 13.8 Å². The van der Waals surface area contributed by atoms with Crippen molar-refractivity contribution in [1.29, 1.82) is 0 Å². The molecule has 5 nitrogen and oxygen atoms in total. The van der Waals surface area contributed by atoms with Gasteiger partial charge in [-0.25, -0.2) is 8.42 Å². The summed E-state index contributed by atoms with van der Waals surface area (Å²) < 4.78 is 32.7. The molecule has 1 fully saturated rings. The van der Waals surface area contributed by atoms with Crippen LogP contribution in [0.5, 0.6) is 0 Å². The summed E-state index contributed by atoms with van der Waals surface area (Å²) in [7, 11) is -1.84. The third kappa shape index (κ3) is 3.88. The van der Waals surface area contributed by atoms with Crippen LogP contribution in [0.25, 0.3) is 0 Å². The molecule has 0 spiro atoms. The third-order valence-corrected chi connectivity index (χ3v) is 6.65. The van der Waals surface area contributed by atoms with Crippen LogP contribution in [0, 0.1) is 0 Å². The van der Waals surface area contributed by atoms with Crippen molar-refractivity contribution in [3.05, 3.63) is 16.5 Å². The minimum atomic E-state index is -3.51. The Balaban J connectivity index is 2.19. The van der Waals surface area contributed by atoms with Crippen LogP contribution in [0.15, 0.2) is 20.0 Å². The second-order valence-corrected chi connectivity index (χ2v) is 8.53. The Morgan fingerprint density at radius 2 is 2.05 bits per heavy atom. The number of rotatable bonds is 6. The average molecular weight is 379 g/mol. The second kappa shape index (κ2) is 6.81. The standard InChI is InChI=1S/C14H23BrN2O3S/c1-10(2)16-9-12-8-13(14(15)20-12)21(18,19)17(3)11-6-4-5-7-11/h8,10-11,16H,4-7,9H2,1-3H3. The molecule has 1 aliphatic rings. The Kier molecular flexibility index (Phi) is 5.51. The van der Waals surface area contributed by atoms with Gasteiger partial charge in [-0.15, -0.1) is 0 Å².